The number of halogens is 2. The number of aryl methyl sites for hydroxylation is 1. The van der Waals surface area contributed by atoms with Crippen LogP contribution in [-0.4, -0.2) is 5.91 Å². The van der Waals surface area contributed by atoms with Gasteiger partial charge >= 0.3 is 0 Å². The maximum absolute atomic E-state index is 13.5. The number of hydrogen-bond acceptors (Lipinski definition) is 1. The Balaban J connectivity index is 1.89. The highest BCUT2D eigenvalue weighted by molar-refractivity contribution is 9.10. The lowest BCUT2D eigenvalue weighted by Crippen LogP contribution is -2.26. The molecular formula is C17H17BrFNO. The van der Waals surface area contributed by atoms with E-state index in [0.717, 1.165) is 10.0 Å². The summed E-state index contributed by atoms with van der Waals surface area (Å²) in [4.78, 5) is 12.0. The highest BCUT2D eigenvalue weighted by Gasteiger charge is 2.10. The van der Waals surface area contributed by atoms with Crippen LogP contribution in [0.1, 0.15) is 30.5 Å². The summed E-state index contributed by atoms with van der Waals surface area (Å²) in [6.07, 6.45) is 0.684. The third-order valence-corrected chi connectivity index (χ3v) is 3.80. The SMILES string of the molecule is CC(NC(=O)CCc1ccccc1F)c1cccc(Br)c1. The second kappa shape index (κ2) is 7.36. The predicted molar refractivity (Wildman–Crippen MR) is 85.4 cm³/mol. The molecule has 0 fully saturated rings. The first kappa shape index (κ1) is 15.7. The van der Waals surface area contributed by atoms with Gasteiger partial charge in [-0.15, -0.1) is 0 Å². The van der Waals surface area contributed by atoms with E-state index in [1.54, 1.807) is 18.2 Å². The van der Waals surface area contributed by atoms with Crippen molar-refractivity contribution < 1.29 is 9.18 Å². The van der Waals surface area contributed by atoms with Gasteiger partial charge in [0.15, 0.2) is 0 Å². The number of carbonyl (C=O) groups excluding carboxylic acids is 1. The zero-order valence-corrected chi connectivity index (χ0v) is 13.4. The second-order valence-electron chi connectivity index (χ2n) is 4.94. The molecule has 1 atom stereocenters. The predicted octanol–water partition coefficient (Wildman–Crippen LogP) is 4.40. The summed E-state index contributed by atoms with van der Waals surface area (Å²) in [5.74, 6) is -0.337. The molecule has 4 heteroatoms. The Morgan fingerprint density at radius 1 is 1.24 bits per heavy atom. The molecule has 1 N–H and O–H groups in total. The van der Waals surface area contributed by atoms with Crippen LogP contribution in [0.5, 0.6) is 0 Å². The van der Waals surface area contributed by atoms with Crippen molar-refractivity contribution in [3.8, 4) is 0 Å². The minimum Gasteiger partial charge on any atom is -0.350 e. The minimum absolute atomic E-state index is 0.0735. The molecule has 0 aliphatic rings. The van der Waals surface area contributed by atoms with Crippen LogP contribution in [-0.2, 0) is 11.2 Å². The Labute approximate surface area is 132 Å². The van der Waals surface area contributed by atoms with Crippen LogP contribution in [0.25, 0.3) is 0 Å². The molecular weight excluding hydrogens is 333 g/mol. The molecule has 0 spiro atoms. The topological polar surface area (TPSA) is 29.1 Å². The number of carbonyl (C=O) groups is 1. The summed E-state index contributed by atoms with van der Waals surface area (Å²) in [6.45, 7) is 1.93. The molecule has 2 aromatic rings. The summed E-state index contributed by atoms with van der Waals surface area (Å²) in [5, 5.41) is 2.93. The number of hydrogen-bond donors (Lipinski definition) is 1. The second-order valence-corrected chi connectivity index (χ2v) is 5.85. The fourth-order valence-corrected chi connectivity index (χ4v) is 2.54. The summed E-state index contributed by atoms with van der Waals surface area (Å²) < 4.78 is 14.5. The van der Waals surface area contributed by atoms with Crippen molar-refractivity contribution in [1.82, 2.24) is 5.32 Å². The molecule has 0 aliphatic heterocycles. The van der Waals surface area contributed by atoms with Crippen molar-refractivity contribution >= 4 is 21.8 Å². The van der Waals surface area contributed by atoms with Gasteiger partial charge in [-0.25, -0.2) is 4.39 Å². The Morgan fingerprint density at radius 3 is 2.71 bits per heavy atom. The van der Waals surface area contributed by atoms with Gasteiger partial charge in [-0.2, -0.15) is 0 Å². The van der Waals surface area contributed by atoms with Gasteiger partial charge < -0.3 is 5.32 Å². The number of rotatable bonds is 5. The zero-order valence-electron chi connectivity index (χ0n) is 11.8. The van der Waals surface area contributed by atoms with E-state index in [0.29, 0.717) is 12.0 Å². The van der Waals surface area contributed by atoms with E-state index in [1.165, 1.54) is 6.07 Å². The standard InChI is InChI=1S/C17H17BrFNO/c1-12(14-6-4-7-15(18)11-14)20-17(21)10-9-13-5-2-3-8-16(13)19/h2-8,11-12H,9-10H2,1H3,(H,20,21). The first-order chi connectivity index (χ1) is 10.1. The molecule has 0 aromatic heterocycles. The van der Waals surface area contributed by atoms with E-state index in [1.807, 2.05) is 31.2 Å². The normalized spacial score (nSPS) is 12.0. The molecule has 1 amide bonds. The maximum Gasteiger partial charge on any atom is 0.220 e. The van der Waals surface area contributed by atoms with E-state index < -0.39 is 0 Å². The minimum atomic E-state index is -0.259. The van der Waals surface area contributed by atoms with Crippen molar-refractivity contribution in [1.29, 1.82) is 0 Å². The molecule has 2 rings (SSSR count). The van der Waals surface area contributed by atoms with Gasteiger partial charge in [-0.1, -0.05) is 46.3 Å². The molecule has 2 nitrogen and oxygen atoms in total. The van der Waals surface area contributed by atoms with Crippen LogP contribution in [0, 0.1) is 5.82 Å². The van der Waals surface area contributed by atoms with Crippen LogP contribution in [0.4, 0.5) is 4.39 Å². The monoisotopic (exact) mass is 349 g/mol. The van der Waals surface area contributed by atoms with Gasteiger partial charge in [0.25, 0.3) is 0 Å². The average Bonchev–Trinajstić information content (AvgIpc) is 2.46. The number of benzene rings is 2. The van der Waals surface area contributed by atoms with E-state index in [2.05, 4.69) is 21.2 Å². The molecule has 1 unspecified atom stereocenters. The maximum atomic E-state index is 13.5. The smallest absolute Gasteiger partial charge is 0.220 e. The lowest BCUT2D eigenvalue weighted by Gasteiger charge is -2.14. The zero-order chi connectivity index (χ0) is 15.2. The van der Waals surface area contributed by atoms with Gasteiger partial charge in [0.1, 0.15) is 5.82 Å². The first-order valence-electron chi connectivity index (χ1n) is 6.84. The van der Waals surface area contributed by atoms with Crippen molar-refractivity contribution in [2.24, 2.45) is 0 Å². The fourth-order valence-electron chi connectivity index (χ4n) is 2.12. The highest BCUT2D eigenvalue weighted by atomic mass is 79.9. The van der Waals surface area contributed by atoms with Crippen molar-refractivity contribution in [2.45, 2.75) is 25.8 Å². The lowest BCUT2D eigenvalue weighted by atomic mass is 10.1. The quantitative estimate of drug-likeness (QED) is 0.851. The molecule has 21 heavy (non-hydrogen) atoms. The molecule has 2 aromatic carbocycles. The lowest BCUT2D eigenvalue weighted by molar-refractivity contribution is -0.121. The van der Waals surface area contributed by atoms with Gasteiger partial charge in [-0.3, -0.25) is 4.79 Å². The Bertz CT molecular complexity index is 630. The molecule has 0 aliphatic carbocycles. The fraction of sp³-hybridized carbons (Fsp3) is 0.235. The first-order valence-corrected chi connectivity index (χ1v) is 7.64. The van der Waals surface area contributed by atoms with Crippen LogP contribution in [0.2, 0.25) is 0 Å². The van der Waals surface area contributed by atoms with Crippen LogP contribution >= 0.6 is 15.9 Å². The van der Waals surface area contributed by atoms with E-state index >= 15 is 0 Å². The molecule has 0 radical (unpaired) electrons. The van der Waals surface area contributed by atoms with E-state index in [4.69, 9.17) is 0 Å². The third kappa shape index (κ3) is 4.67. The molecule has 0 saturated heterocycles. The van der Waals surface area contributed by atoms with E-state index in [9.17, 15) is 9.18 Å². The van der Waals surface area contributed by atoms with Crippen LogP contribution in [0.3, 0.4) is 0 Å². The molecule has 0 heterocycles. The van der Waals surface area contributed by atoms with Crippen LogP contribution < -0.4 is 5.32 Å². The summed E-state index contributed by atoms with van der Waals surface area (Å²) in [6, 6.07) is 14.3. The van der Waals surface area contributed by atoms with Crippen LogP contribution in [0.15, 0.2) is 53.0 Å². The summed E-state index contributed by atoms with van der Waals surface area (Å²) in [5.41, 5.74) is 1.60. The molecule has 0 bridgehead atoms. The highest BCUT2D eigenvalue weighted by Crippen LogP contribution is 2.18. The Morgan fingerprint density at radius 2 is 2.00 bits per heavy atom. The van der Waals surface area contributed by atoms with Crippen molar-refractivity contribution in [3.63, 3.8) is 0 Å². The number of amides is 1. The van der Waals surface area contributed by atoms with E-state index in [-0.39, 0.29) is 24.2 Å². The van der Waals surface area contributed by atoms with Gasteiger partial charge in [0, 0.05) is 10.9 Å². The molecule has 0 saturated carbocycles. The summed E-state index contributed by atoms with van der Waals surface area (Å²) in [7, 11) is 0. The van der Waals surface area contributed by atoms with Crippen molar-refractivity contribution in [3.05, 3.63) is 69.9 Å². The summed E-state index contributed by atoms with van der Waals surface area (Å²) >= 11 is 3.41. The van der Waals surface area contributed by atoms with Gasteiger partial charge in [0.05, 0.1) is 6.04 Å². The van der Waals surface area contributed by atoms with Crippen molar-refractivity contribution in [2.75, 3.05) is 0 Å². The third-order valence-electron chi connectivity index (χ3n) is 3.31. The average molecular weight is 350 g/mol. The largest absolute Gasteiger partial charge is 0.350 e. The Hall–Kier alpha value is -1.68. The number of nitrogens with one attached hydrogen (secondary N) is 1. The Kier molecular flexibility index (Phi) is 5.51. The van der Waals surface area contributed by atoms with Gasteiger partial charge in [0.2, 0.25) is 5.91 Å². The van der Waals surface area contributed by atoms with Gasteiger partial charge in [-0.05, 0) is 42.7 Å². The molecule has 110 valence electrons.